The van der Waals surface area contributed by atoms with Gasteiger partial charge in [0.15, 0.2) is 0 Å². The zero-order valence-electron chi connectivity index (χ0n) is 11.1. The lowest BCUT2D eigenvalue weighted by Crippen LogP contribution is -2.23. The van der Waals surface area contributed by atoms with Crippen molar-refractivity contribution in [3.05, 3.63) is 11.9 Å². The summed E-state index contributed by atoms with van der Waals surface area (Å²) in [6.07, 6.45) is 8.88. The average molecular weight is 252 g/mol. The fraction of sp³-hybridized carbons (Fsp3) is 0.846. The molecule has 1 aromatic heterocycles. The fourth-order valence-electron chi connectivity index (χ4n) is 2.66. The molecule has 3 unspecified atom stereocenters. The molecule has 2 rings (SSSR count). The first-order chi connectivity index (χ1) is 8.72. The lowest BCUT2D eigenvalue weighted by Gasteiger charge is -2.19. The van der Waals surface area contributed by atoms with Gasteiger partial charge >= 0.3 is 0 Å². The highest BCUT2D eigenvalue weighted by Crippen LogP contribution is 2.27. The van der Waals surface area contributed by atoms with Crippen LogP contribution in [-0.2, 0) is 0 Å². The van der Waals surface area contributed by atoms with E-state index >= 15 is 0 Å². The number of hydrogen-bond donors (Lipinski definition) is 2. The van der Waals surface area contributed by atoms with E-state index in [2.05, 4.69) is 17.2 Å². The number of rotatable bonds is 4. The van der Waals surface area contributed by atoms with E-state index in [4.69, 9.17) is 5.73 Å². The molecule has 1 fully saturated rings. The van der Waals surface area contributed by atoms with E-state index < -0.39 is 0 Å². The third-order valence-corrected chi connectivity index (χ3v) is 3.79. The van der Waals surface area contributed by atoms with Crippen LogP contribution in [0, 0.1) is 0 Å². The molecular formula is C13H24N4O. The Morgan fingerprint density at radius 3 is 3.00 bits per heavy atom. The van der Waals surface area contributed by atoms with Crippen LogP contribution in [-0.4, -0.2) is 26.2 Å². The van der Waals surface area contributed by atoms with E-state index in [1.54, 1.807) is 0 Å². The molecule has 0 aliphatic heterocycles. The second-order valence-corrected chi connectivity index (χ2v) is 5.29. The lowest BCUT2D eigenvalue weighted by atomic mass is 10.1. The van der Waals surface area contributed by atoms with Crippen LogP contribution in [0.25, 0.3) is 0 Å². The van der Waals surface area contributed by atoms with Crippen LogP contribution in [0.4, 0.5) is 0 Å². The van der Waals surface area contributed by atoms with Crippen LogP contribution in [0.3, 0.4) is 0 Å². The van der Waals surface area contributed by atoms with Gasteiger partial charge < -0.3 is 10.8 Å². The van der Waals surface area contributed by atoms with E-state index in [1.807, 2.05) is 10.9 Å². The number of nitrogens with two attached hydrogens (primary N) is 1. The molecule has 0 saturated heterocycles. The summed E-state index contributed by atoms with van der Waals surface area (Å²) in [5, 5.41) is 18.4. The van der Waals surface area contributed by atoms with Crippen molar-refractivity contribution >= 4 is 0 Å². The Labute approximate surface area is 108 Å². The van der Waals surface area contributed by atoms with Crippen molar-refractivity contribution in [2.24, 2.45) is 5.73 Å². The predicted molar refractivity (Wildman–Crippen MR) is 70.0 cm³/mol. The summed E-state index contributed by atoms with van der Waals surface area (Å²) < 4.78 is 1.82. The number of nitrogens with zero attached hydrogens (tertiary/aromatic N) is 3. The predicted octanol–water partition coefficient (Wildman–Crippen LogP) is 1.94. The average Bonchev–Trinajstić information content (AvgIpc) is 2.74. The van der Waals surface area contributed by atoms with Crippen molar-refractivity contribution in [1.82, 2.24) is 15.0 Å². The van der Waals surface area contributed by atoms with Gasteiger partial charge in [0.25, 0.3) is 0 Å². The summed E-state index contributed by atoms with van der Waals surface area (Å²) in [6.45, 7) is 2.11. The first kappa shape index (κ1) is 13.5. The smallest absolute Gasteiger partial charge is 0.0994 e. The second-order valence-electron chi connectivity index (χ2n) is 5.29. The van der Waals surface area contributed by atoms with Gasteiger partial charge in [-0.05, 0) is 19.3 Å². The van der Waals surface area contributed by atoms with Crippen LogP contribution >= 0.6 is 0 Å². The van der Waals surface area contributed by atoms with Gasteiger partial charge in [0.2, 0.25) is 0 Å². The molecule has 1 aromatic rings. The van der Waals surface area contributed by atoms with Gasteiger partial charge in [0.05, 0.1) is 30.1 Å². The van der Waals surface area contributed by atoms with Crippen LogP contribution in [0.15, 0.2) is 6.20 Å². The van der Waals surface area contributed by atoms with Crippen molar-refractivity contribution in [3.8, 4) is 0 Å². The zero-order valence-corrected chi connectivity index (χ0v) is 11.1. The van der Waals surface area contributed by atoms with Crippen molar-refractivity contribution in [3.63, 3.8) is 0 Å². The van der Waals surface area contributed by atoms with E-state index in [9.17, 15) is 5.11 Å². The summed E-state index contributed by atoms with van der Waals surface area (Å²) in [5.74, 6) is 0. The van der Waals surface area contributed by atoms with Crippen LogP contribution in [0.2, 0.25) is 0 Å². The minimum Gasteiger partial charge on any atom is -0.391 e. The van der Waals surface area contributed by atoms with Crippen molar-refractivity contribution in [2.45, 2.75) is 70.1 Å². The van der Waals surface area contributed by atoms with Gasteiger partial charge in [0.1, 0.15) is 0 Å². The van der Waals surface area contributed by atoms with Crippen molar-refractivity contribution in [2.75, 3.05) is 0 Å². The van der Waals surface area contributed by atoms with E-state index in [-0.39, 0.29) is 18.2 Å². The fourth-order valence-corrected chi connectivity index (χ4v) is 2.66. The van der Waals surface area contributed by atoms with Gasteiger partial charge in [-0.25, -0.2) is 4.68 Å². The SMILES string of the molecule is CCCC(N)c1cn(C2CCCCCC2O)nn1. The molecule has 1 aliphatic carbocycles. The minimum atomic E-state index is -0.301. The number of hydrogen-bond acceptors (Lipinski definition) is 4. The highest BCUT2D eigenvalue weighted by Gasteiger charge is 2.24. The largest absolute Gasteiger partial charge is 0.391 e. The molecule has 102 valence electrons. The third-order valence-electron chi connectivity index (χ3n) is 3.79. The number of aliphatic hydroxyl groups excluding tert-OH is 1. The van der Waals surface area contributed by atoms with Crippen LogP contribution < -0.4 is 5.73 Å². The Balaban J connectivity index is 2.08. The Hall–Kier alpha value is -0.940. The van der Waals surface area contributed by atoms with E-state index in [1.165, 1.54) is 6.42 Å². The summed E-state index contributed by atoms with van der Waals surface area (Å²) >= 11 is 0. The maximum Gasteiger partial charge on any atom is 0.0994 e. The first-order valence-electron chi connectivity index (χ1n) is 7.07. The van der Waals surface area contributed by atoms with Crippen LogP contribution in [0.1, 0.15) is 69.6 Å². The topological polar surface area (TPSA) is 77.0 Å². The summed E-state index contributed by atoms with van der Waals surface area (Å²) in [7, 11) is 0. The number of aromatic nitrogens is 3. The molecule has 0 amide bonds. The normalized spacial score (nSPS) is 26.8. The third kappa shape index (κ3) is 3.09. The van der Waals surface area contributed by atoms with Gasteiger partial charge in [-0.15, -0.1) is 5.10 Å². The van der Waals surface area contributed by atoms with Gasteiger partial charge in [-0.3, -0.25) is 0 Å². The highest BCUT2D eigenvalue weighted by molar-refractivity contribution is 5.00. The molecular weight excluding hydrogens is 228 g/mol. The summed E-state index contributed by atoms with van der Waals surface area (Å²) in [4.78, 5) is 0. The molecule has 1 aliphatic rings. The highest BCUT2D eigenvalue weighted by atomic mass is 16.3. The maximum atomic E-state index is 10.1. The molecule has 18 heavy (non-hydrogen) atoms. The monoisotopic (exact) mass is 252 g/mol. The van der Waals surface area contributed by atoms with Gasteiger partial charge in [-0.2, -0.15) is 0 Å². The molecule has 0 spiro atoms. The molecule has 0 radical (unpaired) electrons. The van der Waals surface area contributed by atoms with Gasteiger partial charge in [0, 0.05) is 0 Å². The molecule has 3 atom stereocenters. The molecule has 1 heterocycles. The first-order valence-corrected chi connectivity index (χ1v) is 7.07. The van der Waals surface area contributed by atoms with E-state index in [0.717, 1.165) is 44.2 Å². The molecule has 0 aromatic carbocycles. The lowest BCUT2D eigenvalue weighted by molar-refractivity contribution is 0.0980. The second kappa shape index (κ2) is 6.29. The van der Waals surface area contributed by atoms with Crippen LogP contribution in [0.5, 0.6) is 0 Å². The minimum absolute atomic E-state index is 0.0355. The Kier molecular flexibility index (Phi) is 4.72. The van der Waals surface area contributed by atoms with Crippen molar-refractivity contribution < 1.29 is 5.11 Å². The Morgan fingerprint density at radius 2 is 2.22 bits per heavy atom. The van der Waals surface area contributed by atoms with Crippen molar-refractivity contribution in [1.29, 1.82) is 0 Å². The molecule has 5 heteroatoms. The zero-order chi connectivity index (χ0) is 13.0. The molecule has 1 saturated carbocycles. The molecule has 5 nitrogen and oxygen atoms in total. The molecule has 3 N–H and O–H groups in total. The Bertz CT molecular complexity index is 366. The standard InChI is InChI=1S/C13H24N4O/c1-2-6-10(14)11-9-17(16-15-11)12-7-4-3-5-8-13(12)18/h9-10,12-13,18H,2-8,14H2,1H3. The van der Waals surface area contributed by atoms with Gasteiger partial charge in [-0.1, -0.05) is 37.8 Å². The maximum absolute atomic E-state index is 10.1. The molecule has 0 bridgehead atoms. The number of aliphatic hydroxyl groups is 1. The quantitative estimate of drug-likeness (QED) is 0.803. The van der Waals surface area contributed by atoms with E-state index in [0.29, 0.717) is 0 Å². The summed E-state index contributed by atoms with van der Waals surface area (Å²) in [5.41, 5.74) is 6.88. The Morgan fingerprint density at radius 1 is 1.44 bits per heavy atom. The summed E-state index contributed by atoms with van der Waals surface area (Å²) in [6, 6.07) is 0.0363.